The van der Waals surface area contributed by atoms with E-state index in [0.717, 1.165) is 12.2 Å². The Bertz CT molecular complexity index is 605. The number of rotatable bonds is 3. The van der Waals surface area contributed by atoms with Crippen LogP contribution in [-0.4, -0.2) is 36.7 Å². The highest BCUT2D eigenvalue weighted by Crippen LogP contribution is 2.27. The third kappa shape index (κ3) is 2.58. The van der Waals surface area contributed by atoms with Gasteiger partial charge in [-0.05, 0) is 30.7 Å². The zero-order valence-corrected chi connectivity index (χ0v) is 11.3. The number of thioether (sulfide) groups is 1. The van der Waals surface area contributed by atoms with Crippen LogP contribution in [0.1, 0.15) is 35.6 Å². The quantitative estimate of drug-likeness (QED) is 0.932. The fourth-order valence-electron chi connectivity index (χ4n) is 2.37. The van der Waals surface area contributed by atoms with E-state index in [1.165, 1.54) is 29.5 Å². The molecular weight excluding hydrogens is 262 g/mol. The lowest BCUT2D eigenvalue weighted by atomic mass is 10.1. The molecular formula is C13H15N3O2S. The van der Waals surface area contributed by atoms with Crippen LogP contribution in [0.4, 0.5) is 0 Å². The lowest BCUT2D eigenvalue weighted by Gasteiger charge is -2.19. The molecule has 0 amide bonds. The number of carboxylic acid groups (broad SMARTS) is 1. The highest BCUT2D eigenvalue weighted by molar-refractivity contribution is 7.99. The third-order valence-corrected chi connectivity index (χ3v) is 4.71. The Balaban J connectivity index is 1.88. The van der Waals surface area contributed by atoms with Crippen LogP contribution in [-0.2, 0) is 6.42 Å². The van der Waals surface area contributed by atoms with E-state index in [1.54, 1.807) is 18.2 Å². The molecule has 0 aromatic carbocycles. The molecule has 0 aliphatic carbocycles. The second kappa shape index (κ2) is 5.21. The summed E-state index contributed by atoms with van der Waals surface area (Å²) in [6.45, 7) is 0. The fourth-order valence-corrected chi connectivity index (χ4v) is 3.67. The minimum atomic E-state index is -0.978. The summed E-state index contributed by atoms with van der Waals surface area (Å²) in [7, 11) is 0. The number of carboxylic acids is 1. The van der Waals surface area contributed by atoms with Crippen molar-refractivity contribution in [1.82, 2.24) is 14.6 Å². The summed E-state index contributed by atoms with van der Waals surface area (Å²) in [5, 5.41) is 14.0. The maximum absolute atomic E-state index is 11.1. The van der Waals surface area contributed by atoms with Crippen LogP contribution in [0.2, 0.25) is 0 Å². The molecule has 1 aliphatic heterocycles. The van der Waals surface area contributed by atoms with Gasteiger partial charge >= 0.3 is 5.97 Å². The summed E-state index contributed by atoms with van der Waals surface area (Å²) in [6.07, 6.45) is 4.59. The molecule has 6 heteroatoms. The normalized spacial score (nSPS) is 19.7. The summed E-state index contributed by atoms with van der Waals surface area (Å²) in [5.74, 6) is 0.973. The van der Waals surface area contributed by atoms with E-state index >= 15 is 0 Å². The smallest absolute Gasteiger partial charge is 0.354 e. The lowest BCUT2D eigenvalue weighted by Crippen LogP contribution is -2.13. The standard InChI is InChI=1S/C13H15N3O2S/c17-13(18)10-5-3-6-12-14-11(15-16(10)12)8-9-4-1-2-7-19-9/h3,5-6,9H,1-2,4,7-8H2,(H,17,18). The zero-order chi connectivity index (χ0) is 13.2. The van der Waals surface area contributed by atoms with E-state index in [4.69, 9.17) is 5.11 Å². The molecule has 0 saturated carbocycles. The van der Waals surface area contributed by atoms with Gasteiger partial charge in [-0.25, -0.2) is 14.3 Å². The van der Waals surface area contributed by atoms with Gasteiger partial charge in [-0.15, -0.1) is 0 Å². The summed E-state index contributed by atoms with van der Waals surface area (Å²) < 4.78 is 1.42. The molecule has 2 aromatic heterocycles. The van der Waals surface area contributed by atoms with Crippen molar-refractivity contribution in [3.8, 4) is 0 Å². The van der Waals surface area contributed by atoms with Gasteiger partial charge < -0.3 is 5.11 Å². The van der Waals surface area contributed by atoms with Gasteiger partial charge in [0.1, 0.15) is 0 Å². The van der Waals surface area contributed by atoms with E-state index in [-0.39, 0.29) is 5.69 Å². The largest absolute Gasteiger partial charge is 0.477 e. The summed E-state index contributed by atoms with van der Waals surface area (Å²) >= 11 is 1.97. The number of aromatic carboxylic acids is 1. The molecule has 1 saturated heterocycles. The van der Waals surface area contributed by atoms with Crippen molar-refractivity contribution in [3.05, 3.63) is 29.7 Å². The SMILES string of the molecule is O=C(O)c1cccc2nc(CC3CCCCS3)nn12. The van der Waals surface area contributed by atoms with Gasteiger partial charge in [0, 0.05) is 11.7 Å². The topological polar surface area (TPSA) is 67.5 Å². The number of hydrogen-bond donors (Lipinski definition) is 1. The van der Waals surface area contributed by atoms with Gasteiger partial charge in [0.05, 0.1) is 0 Å². The second-order valence-corrected chi connectivity index (χ2v) is 6.12. The van der Waals surface area contributed by atoms with Crippen molar-refractivity contribution < 1.29 is 9.90 Å². The van der Waals surface area contributed by atoms with Crippen molar-refractivity contribution in [2.45, 2.75) is 30.9 Å². The third-order valence-electron chi connectivity index (χ3n) is 3.31. The van der Waals surface area contributed by atoms with Gasteiger partial charge in [0.2, 0.25) is 0 Å². The molecule has 1 N–H and O–H groups in total. The van der Waals surface area contributed by atoms with E-state index in [9.17, 15) is 4.79 Å². The van der Waals surface area contributed by atoms with Gasteiger partial charge in [-0.2, -0.15) is 16.9 Å². The fraction of sp³-hybridized carbons (Fsp3) is 0.462. The molecule has 100 valence electrons. The summed E-state index contributed by atoms with van der Waals surface area (Å²) in [4.78, 5) is 15.5. The van der Waals surface area contributed by atoms with Crippen molar-refractivity contribution in [3.63, 3.8) is 0 Å². The Kier molecular flexibility index (Phi) is 3.42. The average molecular weight is 277 g/mol. The van der Waals surface area contributed by atoms with Crippen LogP contribution >= 0.6 is 11.8 Å². The molecule has 1 unspecified atom stereocenters. The van der Waals surface area contributed by atoms with E-state index in [0.29, 0.717) is 10.9 Å². The minimum Gasteiger partial charge on any atom is -0.477 e. The number of nitrogens with zero attached hydrogens (tertiary/aromatic N) is 3. The van der Waals surface area contributed by atoms with Crippen LogP contribution in [0.25, 0.3) is 5.65 Å². The first-order valence-corrected chi connectivity index (χ1v) is 7.48. The van der Waals surface area contributed by atoms with Gasteiger partial charge in [-0.3, -0.25) is 0 Å². The van der Waals surface area contributed by atoms with Gasteiger partial charge in [-0.1, -0.05) is 12.5 Å². The Morgan fingerprint density at radius 3 is 3.11 bits per heavy atom. The molecule has 3 rings (SSSR count). The lowest BCUT2D eigenvalue weighted by molar-refractivity contribution is 0.0687. The Hall–Kier alpha value is -1.56. The van der Waals surface area contributed by atoms with Crippen molar-refractivity contribution >= 4 is 23.4 Å². The number of pyridine rings is 1. The van der Waals surface area contributed by atoms with Crippen molar-refractivity contribution in [2.24, 2.45) is 0 Å². The molecule has 1 aliphatic rings. The monoisotopic (exact) mass is 277 g/mol. The molecule has 19 heavy (non-hydrogen) atoms. The molecule has 0 bridgehead atoms. The number of aromatic nitrogens is 3. The predicted octanol–water partition coefficient (Wildman–Crippen LogP) is 2.26. The summed E-state index contributed by atoms with van der Waals surface area (Å²) in [6, 6.07) is 5.03. The number of fused-ring (bicyclic) bond motifs is 1. The van der Waals surface area contributed by atoms with Gasteiger partial charge in [0.25, 0.3) is 0 Å². The Morgan fingerprint density at radius 2 is 2.37 bits per heavy atom. The van der Waals surface area contributed by atoms with Crippen LogP contribution < -0.4 is 0 Å². The van der Waals surface area contributed by atoms with Crippen LogP contribution in [0.15, 0.2) is 18.2 Å². The van der Waals surface area contributed by atoms with E-state index in [1.807, 2.05) is 11.8 Å². The summed E-state index contributed by atoms with van der Waals surface area (Å²) in [5.41, 5.74) is 0.767. The molecule has 1 fully saturated rings. The molecule has 0 radical (unpaired) electrons. The maximum Gasteiger partial charge on any atom is 0.354 e. The van der Waals surface area contributed by atoms with E-state index < -0.39 is 5.97 Å². The van der Waals surface area contributed by atoms with Crippen molar-refractivity contribution in [1.29, 1.82) is 0 Å². The first-order chi connectivity index (χ1) is 9.24. The van der Waals surface area contributed by atoms with Gasteiger partial charge in [0.15, 0.2) is 17.2 Å². The average Bonchev–Trinajstić information content (AvgIpc) is 2.81. The number of hydrogen-bond acceptors (Lipinski definition) is 4. The molecule has 1 atom stereocenters. The zero-order valence-electron chi connectivity index (χ0n) is 10.5. The van der Waals surface area contributed by atoms with Crippen molar-refractivity contribution in [2.75, 3.05) is 5.75 Å². The van der Waals surface area contributed by atoms with Crippen LogP contribution in [0.3, 0.4) is 0 Å². The highest BCUT2D eigenvalue weighted by atomic mass is 32.2. The van der Waals surface area contributed by atoms with Crippen LogP contribution in [0, 0.1) is 0 Å². The first kappa shape index (κ1) is 12.5. The maximum atomic E-state index is 11.1. The molecule has 3 heterocycles. The Morgan fingerprint density at radius 1 is 1.47 bits per heavy atom. The predicted molar refractivity (Wildman–Crippen MR) is 73.7 cm³/mol. The van der Waals surface area contributed by atoms with Crippen LogP contribution in [0.5, 0.6) is 0 Å². The Labute approximate surface area is 115 Å². The highest BCUT2D eigenvalue weighted by Gasteiger charge is 2.18. The minimum absolute atomic E-state index is 0.160. The molecule has 0 spiro atoms. The molecule has 2 aromatic rings. The second-order valence-electron chi connectivity index (χ2n) is 4.71. The number of carbonyl (C=O) groups is 1. The first-order valence-electron chi connectivity index (χ1n) is 6.43. The van der Waals surface area contributed by atoms with E-state index in [2.05, 4.69) is 10.1 Å². The molecule has 5 nitrogen and oxygen atoms in total.